The van der Waals surface area contributed by atoms with Gasteiger partial charge in [0.1, 0.15) is 0 Å². The van der Waals surface area contributed by atoms with Gasteiger partial charge in [0.2, 0.25) is 0 Å². The SMILES string of the molecule is CC(C)(C)c1cc2ccc3ccc(Nc4ccc(-c5cc(-c6ccccc6)c(N6c7cc(Cl)ccc7B7c8ccc(Cl)cc8N(c8c(-c9ccccc9)cccc8-c8ccccc8)c8cc(-c9ccccc9)cc6c87)c(-c6ccccc6)c5)cc4)c4ccc(c1)c2c34. The number of anilines is 8. The third-order valence-electron chi connectivity index (χ3n) is 19.0. The van der Waals surface area contributed by atoms with Crippen LogP contribution >= 0.6 is 23.2 Å². The predicted molar refractivity (Wildman–Crippen MR) is 395 cm³/mol. The lowest BCUT2D eigenvalue weighted by Gasteiger charge is -2.46. The Kier molecular flexibility index (Phi) is 13.3. The lowest BCUT2D eigenvalue weighted by molar-refractivity contribution is 0.591. The molecule has 436 valence electrons. The molecule has 17 rings (SSSR count). The molecule has 1 N–H and O–H groups in total. The van der Waals surface area contributed by atoms with E-state index in [0.29, 0.717) is 10.0 Å². The minimum Gasteiger partial charge on any atom is -0.355 e. The van der Waals surface area contributed by atoms with Crippen LogP contribution in [0.5, 0.6) is 0 Å². The summed E-state index contributed by atoms with van der Waals surface area (Å²) in [5.74, 6) is 0. The number of rotatable bonds is 10. The maximum absolute atomic E-state index is 7.40. The van der Waals surface area contributed by atoms with Gasteiger partial charge in [0.05, 0.1) is 11.4 Å². The van der Waals surface area contributed by atoms with E-state index in [1.165, 1.54) is 43.3 Å². The van der Waals surface area contributed by atoms with Crippen molar-refractivity contribution in [1.82, 2.24) is 0 Å². The Balaban J connectivity index is 0.895. The maximum Gasteiger partial charge on any atom is 0.252 e. The van der Waals surface area contributed by atoms with Crippen molar-refractivity contribution in [2.24, 2.45) is 0 Å². The summed E-state index contributed by atoms with van der Waals surface area (Å²) in [6.07, 6.45) is 0. The molecule has 2 aliphatic rings. The van der Waals surface area contributed by atoms with Crippen molar-refractivity contribution >= 4 is 124 Å². The zero-order valence-corrected chi connectivity index (χ0v) is 52.6. The second-order valence-corrected chi connectivity index (χ2v) is 26.4. The lowest BCUT2D eigenvalue weighted by Crippen LogP contribution is -2.61. The van der Waals surface area contributed by atoms with Crippen molar-refractivity contribution in [3.05, 3.63) is 319 Å². The third kappa shape index (κ3) is 9.35. The fourth-order valence-electron chi connectivity index (χ4n) is 14.7. The molecule has 0 amide bonds. The van der Waals surface area contributed by atoms with Crippen LogP contribution < -0.4 is 31.5 Å². The molecule has 15 aromatic rings. The van der Waals surface area contributed by atoms with Gasteiger partial charge in [-0.2, -0.15) is 0 Å². The second-order valence-electron chi connectivity index (χ2n) is 25.5. The van der Waals surface area contributed by atoms with Crippen LogP contribution in [0.4, 0.5) is 45.5 Å². The van der Waals surface area contributed by atoms with Crippen molar-refractivity contribution < 1.29 is 0 Å². The summed E-state index contributed by atoms with van der Waals surface area (Å²) in [5.41, 5.74) is 26.4. The number of fused-ring (bicyclic) bond motifs is 4. The molecule has 15 aromatic carbocycles. The Morgan fingerprint density at radius 2 is 0.750 bits per heavy atom. The van der Waals surface area contributed by atoms with Crippen LogP contribution in [-0.2, 0) is 5.41 Å². The van der Waals surface area contributed by atoms with Crippen molar-refractivity contribution in [1.29, 1.82) is 0 Å². The van der Waals surface area contributed by atoms with Crippen LogP contribution in [0.1, 0.15) is 26.3 Å². The summed E-state index contributed by atoms with van der Waals surface area (Å²) in [6, 6.07) is 111. The van der Waals surface area contributed by atoms with E-state index in [2.05, 4.69) is 339 Å². The van der Waals surface area contributed by atoms with Crippen LogP contribution in [0.2, 0.25) is 10.0 Å². The highest BCUT2D eigenvalue weighted by Gasteiger charge is 2.45. The highest BCUT2D eigenvalue weighted by atomic mass is 35.5. The van der Waals surface area contributed by atoms with Gasteiger partial charge >= 0.3 is 0 Å². The fraction of sp³-hybridized carbons (Fsp3) is 0.0465. The Morgan fingerprint density at radius 1 is 0.326 bits per heavy atom. The summed E-state index contributed by atoms with van der Waals surface area (Å²) < 4.78 is 0. The molecule has 0 aromatic heterocycles. The summed E-state index contributed by atoms with van der Waals surface area (Å²) in [6.45, 7) is 6.67. The molecule has 0 fully saturated rings. The van der Waals surface area contributed by atoms with Gasteiger partial charge in [0.25, 0.3) is 6.71 Å². The van der Waals surface area contributed by atoms with E-state index in [0.717, 1.165) is 123 Å². The Hall–Kier alpha value is -10.6. The zero-order chi connectivity index (χ0) is 61.8. The number of benzene rings is 15. The van der Waals surface area contributed by atoms with E-state index in [-0.39, 0.29) is 12.1 Å². The van der Waals surface area contributed by atoms with E-state index < -0.39 is 0 Å². The van der Waals surface area contributed by atoms with Gasteiger partial charge in [-0.15, -0.1) is 0 Å². The van der Waals surface area contributed by atoms with Gasteiger partial charge in [0, 0.05) is 71.8 Å². The minimum atomic E-state index is -0.212. The van der Waals surface area contributed by atoms with Gasteiger partial charge in [-0.05, 0) is 166 Å². The lowest BCUT2D eigenvalue weighted by atomic mass is 9.33. The quantitative estimate of drug-likeness (QED) is 0.109. The third-order valence-corrected chi connectivity index (χ3v) is 19.5. The van der Waals surface area contributed by atoms with Crippen LogP contribution in [0, 0.1) is 0 Å². The first-order valence-corrected chi connectivity index (χ1v) is 32.4. The Labute approximate surface area is 547 Å². The zero-order valence-electron chi connectivity index (χ0n) is 51.1. The molecule has 0 atom stereocenters. The van der Waals surface area contributed by atoms with E-state index in [9.17, 15) is 0 Å². The molecule has 2 heterocycles. The van der Waals surface area contributed by atoms with Gasteiger partial charge < -0.3 is 15.1 Å². The molecule has 6 heteroatoms. The van der Waals surface area contributed by atoms with E-state index in [1.807, 2.05) is 0 Å². The van der Waals surface area contributed by atoms with Crippen molar-refractivity contribution in [3.63, 3.8) is 0 Å². The molecule has 0 saturated carbocycles. The Bertz CT molecular complexity index is 5220. The monoisotopic (exact) mass is 1220 g/mol. The fourth-order valence-corrected chi connectivity index (χ4v) is 15.0. The van der Waals surface area contributed by atoms with Crippen LogP contribution in [-0.4, -0.2) is 6.71 Å². The molecule has 3 nitrogen and oxygen atoms in total. The second kappa shape index (κ2) is 22.1. The predicted octanol–water partition coefficient (Wildman–Crippen LogP) is 23.0. The Morgan fingerprint density at radius 3 is 1.25 bits per heavy atom. The average Bonchev–Trinajstić information content (AvgIpc) is 0.692. The maximum atomic E-state index is 7.40. The van der Waals surface area contributed by atoms with Gasteiger partial charge in [-0.25, -0.2) is 0 Å². The van der Waals surface area contributed by atoms with Crippen LogP contribution in [0.15, 0.2) is 303 Å². The first-order chi connectivity index (χ1) is 45.1. The first kappa shape index (κ1) is 55.5. The highest BCUT2D eigenvalue weighted by molar-refractivity contribution is 7.00. The normalized spacial score (nSPS) is 12.6. The van der Waals surface area contributed by atoms with Crippen molar-refractivity contribution in [2.75, 3.05) is 15.1 Å². The topological polar surface area (TPSA) is 18.5 Å². The number of para-hydroxylation sites is 1. The van der Waals surface area contributed by atoms with Gasteiger partial charge in [-0.3, -0.25) is 0 Å². The molecule has 0 saturated heterocycles. The largest absolute Gasteiger partial charge is 0.355 e. The number of hydrogen-bond acceptors (Lipinski definition) is 3. The highest BCUT2D eigenvalue weighted by Crippen LogP contribution is 2.55. The minimum absolute atomic E-state index is 0.0463. The number of nitrogens with one attached hydrogen (secondary N) is 1. The van der Waals surface area contributed by atoms with Gasteiger partial charge in [0.15, 0.2) is 0 Å². The molecule has 0 unspecified atom stereocenters. The summed E-state index contributed by atoms with van der Waals surface area (Å²) >= 11 is 14.7. The number of halogens is 2. The smallest absolute Gasteiger partial charge is 0.252 e. The standard InChI is InChI=1S/C86H60BCl2N3/c1-86(2,3)65-46-61-33-32-60-37-45-76(71-42-36-62(47-65)81(61)82(60)71)90-68-40-34-55(35-41-68)63-48-72(58-26-15-7-16-27-58)85(73(49-63)59-28-17-8-18-29-59)92-78-53-67(89)39-44-75(78)87-74-43-38-66(88)52-77(74)91(79-50-64(51-80(92)83(79)87)54-20-9-4-10-21-54)84-69(56-22-11-5-12-23-56)30-19-31-70(84)57-24-13-6-14-25-57/h4-53,90H,1-3H3. The molecule has 92 heavy (non-hydrogen) atoms. The van der Waals surface area contributed by atoms with E-state index in [1.54, 1.807) is 0 Å². The summed E-state index contributed by atoms with van der Waals surface area (Å²) in [5, 5.41) is 12.8. The average molecular weight is 1220 g/mol. The molecule has 2 aliphatic heterocycles. The molecule has 0 aliphatic carbocycles. The van der Waals surface area contributed by atoms with Crippen LogP contribution in [0.3, 0.4) is 0 Å². The van der Waals surface area contributed by atoms with Crippen molar-refractivity contribution in [3.8, 4) is 66.8 Å². The van der Waals surface area contributed by atoms with E-state index >= 15 is 0 Å². The van der Waals surface area contributed by atoms with Crippen molar-refractivity contribution in [2.45, 2.75) is 26.2 Å². The molecule has 0 bridgehead atoms. The van der Waals surface area contributed by atoms with Crippen LogP contribution in [0.25, 0.3) is 99.1 Å². The van der Waals surface area contributed by atoms with E-state index in [4.69, 9.17) is 23.2 Å². The molecule has 0 radical (unpaired) electrons. The molecule has 0 spiro atoms. The molecular formula is C86H60BCl2N3. The summed E-state index contributed by atoms with van der Waals surface area (Å²) in [4.78, 5) is 5.07. The molecular weight excluding hydrogens is 1160 g/mol. The first-order valence-electron chi connectivity index (χ1n) is 31.6. The summed E-state index contributed by atoms with van der Waals surface area (Å²) in [7, 11) is 0. The number of hydrogen-bond donors (Lipinski definition) is 1. The van der Waals surface area contributed by atoms with Gasteiger partial charge in [-0.1, -0.05) is 281 Å². The number of nitrogens with zero attached hydrogens (tertiary/aromatic N) is 2.